The van der Waals surface area contributed by atoms with Crippen LogP contribution in [0.5, 0.6) is 5.75 Å². The fourth-order valence-electron chi connectivity index (χ4n) is 1.66. The highest BCUT2D eigenvalue weighted by Gasteiger charge is 2.04. The van der Waals surface area contributed by atoms with Gasteiger partial charge >= 0.3 is 0 Å². The van der Waals surface area contributed by atoms with Crippen LogP contribution in [-0.4, -0.2) is 33.3 Å². The van der Waals surface area contributed by atoms with E-state index in [-0.39, 0.29) is 5.91 Å². The molecule has 0 unspecified atom stereocenters. The molecule has 1 aromatic carbocycles. The summed E-state index contributed by atoms with van der Waals surface area (Å²) in [6.07, 6.45) is 2.06. The summed E-state index contributed by atoms with van der Waals surface area (Å²) in [5.41, 5.74) is 1.11. The van der Waals surface area contributed by atoms with Crippen molar-refractivity contribution in [2.24, 2.45) is 0 Å². The summed E-state index contributed by atoms with van der Waals surface area (Å²) in [7, 11) is 3.29. The number of aryl methyl sites for hydroxylation is 1. The van der Waals surface area contributed by atoms with Gasteiger partial charge in [0.2, 0.25) is 5.91 Å². The van der Waals surface area contributed by atoms with Crippen LogP contribution in [0.3, 0.4) is 0 Å². The summed E-state index contributed by atoms with van der Waals surface area (Å²) >= 11 is 3.43. The molecule has 19 heavy (non-hydrogen) atoms. The Labute approximate surface area is 122 Å². The van der Waals surface area contributed by atoms with E-state index in [1.54, 1.807) is 14.2 Å². The van der Waals surface area contributed by atoms with Crippen LogP contribution in [0.4, 0.5) is 0 Å². The topological polar surface area (TPSA) is 47.6 Å². The van der Waals surface area contributed by atoms with Crippen LogP contribution in [-0.2, 0) is 16.0 Å². The van der Waals surface area contributed by atoms with E-state index in [9.17, 15) is 4.79 Å². The zero-order valence-electron chi connectivity index (χ0n) is 11.4. The molecule has 1 aromatic rings. The fraction of sp³-hybridized carbons (Fsp3) is 0.500. The van der Waals surface area contributed by atoms with E-state index in [0.717, 1.165) is 28.6 Å². The summed E-state index contributed by atoms with van der Waals surface area (Å²) < 4.78 is 11.0. The Balaban J connectivity index is 2.32. The van der Waals surface area contributed by atoms with Crippen molar-refractivity contribution in [3.8, 4) is 5.75 Å². The second kappa shape index (κ2) is 8.93. The van der Waals surface area contributed by atoms with Gasteiger partial charge in [0.1, 0.15) is 5.75 Å². The predicted molar refractivity (Wildman–Crippen MR) is 78.5 cm³/mol. The largest absolute Gasteiger partial charge is 0.496 e. The molecule has 0 aliphatic heterocycles. The molecule has 0 fully saturated rings. The molecule has 5 heteroatoms. The van der Waals surface area contributed by atoms with E-state index < -0.39 is 0 Å². The number of carbonyl (C=O) groups is 1. The molecular formula is C14H20BrNO3. The fourth-order valence-corrected chi connectivity index (χ4v) is 2.24. The maximum atomic E-state index is 11.6. The lowest BCUT2D eigenvalue weighted by atomic mass is 10.1. The van der Waals surface area contributed by atoms with E-state index in [4.69, 9.17) is 9.47 Å². The van der Waals surface area contributed by atoms with Crippen molar-refractivity contribution in [2.45, 2.75) is 19.3 Å². The summed E-state index contributed by atoms with van der Waals surface area (Å²) in [6.45, 7) is 1.34. The highest BCUT2D eigenvalue weighted by atomic mass is 79.9. The van der Waals surface area contributed by atoms with Crippen LogP contribution in [0.15, 0.2) is 22.7 Å². The number of methoxy groups -OCH3 is 2. The average molecular weight is 330 g/mol. The summed E-state index contributed by atoms with van der Waals surface area (Å²) in [5.74, 6) is 0.871. The second-order valence-corrected chi connectivity index (χ2v) is 5.02. The Morgan fingerprint density at radius 2 is 2.16 bits per heavy atom. The van der Waals surface area contributed by atoms with Crippen LogP contribution in [0.1, 0.15) is 18.4 Å². The highest BCUT2D eigenvalue weighted by molar-refractivity contribution is 9.10. The first-order valence-corrected chi connectivity index (χ1v) is 7.04. The van der Waals surface area contributed by atoms with Crippen LogP contribution < -0.4 is 10.1 Å². The van der Waals surface area contributed by atoms with Crippen LogP contribution >= 0.6 is 15.9 Å². The Bertz CT molecular complexity index is 410. The van der Waals surface area contributed by atoms with E-state index in [0.29, 0.717) is 19.6 Å². The molecule has 0 radical (unpaired) electrons. The Morgan fingerprint density at radius 3 is 2.79 bits per heavy atom. The van der Waals surface area contributed by atoms with E-state index in [1.165, 1.54) is 0 Å². The molecular weight excluding hydrogens is 310 g/mol. The SMILES string of the molecule is COCCCNC(=O)CCc1ccc(OC)c(Br)c1. The van der Waals surface area contributed by atoms with Gasteiger partial charge in [-0.3, -0.25) is 4.79 Å². The molecule has 106 valence electrons. The molecule has 0 aliphatic carbocycles. The third-order valence-electron chi connectivity index (χ3n) is 2.70. The summed E-state index contributed by atoms with van der Waals surface area (Å²) in [6, 6.07) is 5.86. The number of nitrogens with one attached hydrogen (secondary N) is 1. The van der Waals surface area contributed by atoms with Gasteiger partial charge in [-0.2, -0.15) is 0 Å². The standard InChI is InChI=1S/C14H20BrNO3/c1-18-9-3-8-16-14(17)7-5-11-4-6-13(19-2)12(15)10-11/h4,6,10H,3,5,7-9H2,1-2H3,(H,16,17). The Kier molecular flexibility index (Phi) is 7.52. The molecule has 0 aromatic heterocycles. The molecule has 4 nitrogen and oxygen atoms in total. The minimum Gasteiger partial charge on any atom is -0.496 e. The number of halogens is 1. The maximum absolute atomic E-state index is 11.6. The molecule has 1 amide bonds. The van der Waals surface area contributed by atoms with Crippen LogP contribution in [0, 0.1) is 0 Å². The quantitative estimate of drug-likeness (QED) is 0.745. The van der Waals surface area contributed by atoms with Crippen molar-refractivity contribution >= 4 is 21.8 Å². The predicted octanol–water partition coefficient (Wildman–Crippen LogP) is 2.54. The van der Waals surface area contributed by atoms with Crippen molar-refractivity contribution in [1.29, 1.82) is 0 Å². The number of hydrogen-bond donors (Lipinski definition) is 1. The monoisotopic (exact) mass is 329 g/mol. The van der Waals surface area contributed by atoms with Gasteiger partial charge in [0, 0.05) is 26.7 Å². The number of benzene rings is 1. The number of hydrogen-bond acceptors (Lipinski definition) is 3. The third kappa shape index (κ3) is 6.07. The molecule has 1 N–H and O–H groups in total. The van der Waals surface area contributed by atoms with Gasteiger partial charge in [0.25, 0.3) is 0 Å². The Morgan fingerprint density at radius 1 is 1.37 bits per heavy atom. The smallest absolute Gasteiger partial charge is 0.220 e. The van der Waals surface area contributed by atoms with E-state index >= 15 is 0 Å². The van der Waals surface area contributed by atoms with Gasteiger partial charge in [-0.05, 0) is 46.5 Å². The van der Waals surface area contributed by atoms with Gasteiger partial charge in [-0.25, -0.2) is 0 Å². The van der Waals surface area contributed by atoms with Gasteiger partial charge in [0.05, 0.1) is 11.6 Å². The third-order valence-corrected chi connectivity index (χ3v) is 3.32. The number of ether oxygens (including phenoxy) is 2. The van der Waals surface area contributed by atoms with Crippen LogP contribution in [0.2, 0.25) is 0 Å². The second-order valence-electron chi connectivity index (χ2n) is 4.17. The number of rotatable bonds is 8. The first kappa shape index (κ1) is 16.0. The molecule has 0 spiro atoms. The number of carbonyl (C=O) groups excluding carboxylic acids is 1. The molecule has 0 atom stereocenters. The first-order valence-electron chi connectivity index (χ1n) is 6.25. The lowest BCUT2D eigenvalue weighted by molar-refractivity contribution is -0.121. The average Bonchev–Trinajstić information content (AvgIpc) is 2.41. The van der Waals surface area contributed by atoms with Gasteiger partial charge in [-0.1, -0.05) is 6.07 Å². The van der Waals surface area contributed by atoms with Crippen molar-refractivity contribution < 1.29 is 14.3 Å². The van der Waals surface area contributed by atoms with E-state index in [1.807, 2.05) is 18.2 Å². The number of amides is 1. The van der Waals surface area contributed by atoms with Crippen LogP contribution in [0.25, 0.3) is 0 Å². The molecule has 1 rings (SSSR count). The molecule has 0 saturated carbocycles. The normalized spacial score (nSPS) is 10.3. The van der Waals surface area contributed by atoms with Crippen molar-refractivity contribution in [3.63, 3.8) is 0 Å². The van der Waals surface area contributed by atoms with Gasteiger partial charge in [-0.15, -0.1) is 0 Å². The van der Waals surface area contributed by atoms with Crippen molar-refractivity contribution in [2.75, 3.05) is 27.4 Å². The lowest BCUT2D eigenvalue weighted by Crippen LogP contribution is -2.25. The van der Waals surface area contributed by atoms with Gasteiger partial charge in [0.15, 0.2) is 0 Å². The maximum Gasteiger partial charge on any atom is 0.220 e. The minimum absolute atomic E-state index is 0.0723. The molecule has 0 bridgehead atoms. The summed E-state index contributed by atoms with van der Waals surface area (Å²) in [4.78, 5) is 11.6. The highest BCUT2D eigenvalue weighted by Crippen LogP contribution is 2.25. The minimum atomic E-state index is 0.0723. The summed E-state index contributed by atoms with van der Waals surface area (Å²) in [5, 5.41) is 2.87. The first-order chi connectivity index (χ1) is 9.17. The zero-order valence-corrected chi connectivity index (χ0v) is 13.0. The lowest BCUT2D eigenvalue weighted by Gasteiger charge is -2.07. The zero-order chi connectivity index (χ0) is 14.1. The van der Waals surface area contributed by atoms with Crippen molar-refractivity contribution in [1.82, 2.24) is 5.32 Å². The molecule has 0 heterocycles. The Hall–Kier alpha value is -1.07. The van der Waals surface area contributed by atoms with Crippen molar-refractivity contribution in [3.05, 3.63) is 28.2 Å². The molecule has 0 aliphatic rings. The van der Waals surface area contributed by atoms with Gasteiger partial charge < -0.3 is 14.8 Å². The molecule has 0 saturated heterocycles. The van der Waals surface area contributed by atoms with E-state index in [2.05, 4.69) is 21.2 Å².